The normalized spacial score (nSPS) is 13.2. The summed E-state index contributed by atoms with van der Waals surface area (Å²) in [6.45, 7) is 4.40. The molecule has 1 atom stereocenters. The molecule has 0 aliphatic carbocycles. The van der Waals surface area contributed by atoms with Gasteiger partial charge in [-0.25, -0.2) is 0 Å². The SMILES string of the molecule is CCC(CC)C(N)c1ccc2cccnc2c1. The van der Waals surface area contributed by atoms with Crippen LogP contribution in [0.15, 0.2) is 36.5 Å². The molecule has 17 heavy (non-hydrogen) atoms. The molecule has 2 aromatic rings. The highest BCUT2D eigenvalue weighted by atomic mass is 14.7. The number of rotatable bonds is 4. The van der Waals surface area contributed by atoms with Crippen molar-refractivity contribution in [3.05, 3.63) is 42.1 Å². The summed E-state index contributed by atoms with van der Waals surface area (Å²) in [5.74, 6) is 0.552. The smallest absolute Gasteiger partial charge is 0.0705 e. The maximum absolute atomic E-state index is 6.32. The topological polar surface area (TPSA) is 38.9 Å². The van der Waals surface area contributed by atoms with E-state index < -0.39 is 0 Å². The summed E-state index contributed by atoms with van der Waals surface area (Å²) in [4.78, 5) is 4.38. The first-order valence-electron chi connectivity index (χ1n) is 6.36. The summed E-state index contributed by atoms with van der Waals surface area (Å²) in [7, 11) is 0. The Balaban J connectivity index is 2.35. The third kappa shape index (κ3) is 2.47. The molecule has 1 heterocycles. The molecule has 0 radical (unpaired) electrons. The van der Waals surface area contributed by atoms with Crippen LogP contribution in [0.4, 0.5) is 0 Å². The first kappa shape index (κ1) is 12.1. The van der Waals surface area contributed by atoms with E-state index in [1.807, 2.05) is 12.3 Å². The summed E-state index contributed by atoms with van der Waals surface area (Å²) < 4.78 is 0. The van der Waals surface area contributed by atoms with E-state index in [0.717, 1.165) is 18.4 Å². The van der Waals surface area contributed by atoms with Crippen LogP contribution in [0.2, 0.25) is 0 Å². The average Bonchev–Trinajstić information content (AvgIpc) is 2.39. The van der Waals surface area contributed by atoms with Gasteiger partial charge in [-0.15, -0.1) is 0 Å². The monoisotopic (exact) mass is 228 g/mol. The molecule has 2 heteroatoms. The van der Waals surface area contributed by atoms with Crippen LogP contribution >= 0.6 is 0 Å². The largest absolute Gasteiger partial charge is 0.324 e. The van der Waals surface area contributed by atoms with Crippen molar-refractivity contribution in [1.29, 1.82) is 0 Å². The summed E-state index contributed by atoms with van der Waals surface area (Å²) in [5, 5.41) is 1.17. The van der Waals surface area contributed by atoms with Gasteiger partial charge in [-0.3, -0.25) is 4.98 Å². The van der Waals surface area contributed by atoms with E-state index in [2.05, 4.69) is 43.1 Å². The quantitative estimate of drug-likeness (QED) is 0.867. The fourth-order valence-corrected chi connectivity index (χ4v) is 2.36. The number of fused-ring (bicyclic) bond motifs is 1. The minimum absolute atomic E-state index is 0.122. The average molecular weight is 228 g/mol. The molecule has 1 aromatic heterocycles. The van der Waals surface area contributed by atoms with Crippen LogP contribution in [0.3, 0.4) is 0 Å². The van der Waals surface area contributed by atoms with Gasteiger partial charge in [-0.2, -0.15) is 0 Å². The highest BCUT2D eigenvalue weighted by molar-refractivity contribution is 5.78. The van der Waals surface area contributed by atoms with Crippen LogP contribution in [-0.2, 0) is 0 Å². The maximum atomic E-state index is 6.32. The Bertz CT molecular complexity index is 489. The van der Waals surface area contributed by atoms with E-state index in [1.165, 1.54) is 10.9 Å². The van der Waals surface area contributed by atoms with Gasteiger partial charge in [0.1, 0.15) is 0 Å². The fraction of sp³-hybridized carbons (Fsp3) is 0.400. The number of hydrogen-bond acceptors (Lipinski definition) is 2. The molecule has 2 N–H and O–H groups in total. The van der Waals surface area contributed by atoms with Gasteiger partial charge in [0.05, 0.1) is 5.52 Å². The van der Waals surface area contributed by atoms with Crippen LogP contribution in [-0.4, -0.2) is 4.98 Å². The fourth-order valence-electron chi connectivity index (χ4n) is 2.36. The van der Waals surface area contributed by atoms with E-state index >= 15 is 0 Å². The minimum atomic E-state index is 0.122. The second kappa shape index (κ2) is 5.28. The number of aromatic nitrogens is 1. The first-order chi connectivity index (χ1) is 8.26. The lowest BCUT2D eigenvalue weighted by Crippen LogP contribution is -2.20. The molecule has 1 unspecified atom stereocenters. The summed E-state index contributed by atoms with van der Waals surface area (Å²) in [5.41, 5.74) is 8.56. The zero-order valence-corrected chi connectivity index (χ0v) is 10.6. The molecule has 0 bridgehead atoms. The number of benzene rings is 1. The summed E-state index contributed by atoms with van der Waals surface area (Å²) >= 11 is 0. The molecule has 0 aliphatic heterocycles. The molecule has 0 amide bonds. The predicted octanol–water partition coefficient (Wildman–Crippen LogP) is 3.67. The number of hydrogen-bond donors (Lipinski definition) is 1. The van der Waals surface area contributed by atoms with Gasteiger partial charge in [0.2, 0.25) is 0 Å². The van der Waals surface area contributed by atoms with Gasteiger partial charge in [-0.05, 0) is 23.6 Å². The Morgan fingerprint density at radius 1 is 1.18 bits per heavy atom. The van der Waals surface area contributed by atoms with Crippen molar-refractivity contribution in [1.82, 2.24) is 4.98 Å². The van der Waals surface area contributed by atoms with Crippen molar-refractivity contribution >= 4 is 10.9 Å². The number of nitrogens with zero attached hydrogens (tertiary/aromatic N) is 1. The van der Waals surface area contributed by atoms with E-state index in [-0.39, 0.29) is 6.04 Å². The van der Waals surface area contributed by atoms with Crippen molar-refractivity contribution in [2.75, 3.05) is 0 Å². The lowest BCUT2D eigenvalue weighted by Gasteiger charge is -2.21. The summed E-state index contributed by atoms with van der Waals surface area (Å²) in [6.07, 6.45) is 4.07. The van der Waals surface area contributed by atoms with Gasteiger partial charge in [-0.1, -0.05) is 44.9 Å². The molecule has 2 nitrogen and oxygen atoms in total. The van der Waals surface area contributed by atoms with Crippen molar-refractivity contribution in [2.24, 2.45) is 11.7 Å². The third-order valence-electron chi connectivity index (χ3n) is 3.57. The number of pyridine rings is 1. The standard InChI is InChI=1S/C15H20N2/c1-3-11(4-2)15(16)13-8-7-12-6-5-9-17-14(12)10-13/h5-11,15H,3-4,16H2,1-2H3. The molecule has 0 aliphatic rings. The minimum Gasteiger partial charge on any atom is -0.324 e. The molecule has 0 fully saturated rings. The molecular weight excluding hydrogens is 208 g/mol. The highest BCUT2D eigenvalue weighted by Gasteiger charge is 2.16. The molecule has 0 saturated heterocycles. The maximum Gasteiger partial charge on any atom is 0.0705 e. The molecule has 2 rings (SSSR count). The van der Waals surface area contributed by atoms with E-state index in [0.29, 0.717) is 5.92 Å². The Morgan fingerprint density at radius 2 is 1.94 bits per heavy atom. The Hall–Kier alpha value is -1.41. The van der Waals surface area contributed by atoms with E-state index in [1.54, 1.807) is 0 Å². The van der Waals surface area contributed by atoms with Crippen LogP contribution in [0.1, 0.15) is 38.3 Å². The first-order valence-corrected chi connectivity index (χ1v) is 6.36. The van der Waals surface area contributed by atoms with Crippen LogP contribution in [0.25, 0.3) is 10.9 Å². The van der Waals surface area contributed by atoms with Gasteiger partial charge in [0.15, 0.2) is 0 Å². The second-order valence-corrected chi connectivity index (χ2v) is 4.56. The Kier molecular flexibility index (Phi) is 3.75. The van der Waals surface area contributed by atoms with Gasteiger partial charge in [0.25, 0.3) is 0 Å². The van der Waals surface area contributed by atoms with Crippen molar-refractivity contribution in [3.63, 3.8) is 0 Å². The molecule has 0 spiro atoms. The van der Waals surface area contributed by atoms with Gasteiger partial charge < -0.3 is 5.73 Å². The van der Waals surface area contributed by atoms with Crippen LogP contribution in [0, 0.1) is 5.92 Å². The van der Waals surface area contributed by atoms with Crippen molar-refractivity contribution in [2.45, 2.75) is 32.7 Å². The second-order valence-electron chi connectivity index (χ2n) is 4.56. The molecule has 90 valence electrons. The van der Waals surface area contributed by atoms with Crippen molar-refractivity contribution in [3.8, 4) is 0 Å². The number of nitrogens with two attached hydrogens (primary N) is 1. The summed E-state index contributed by atoms with van der Waals surface area (Å²) in [6, 6.07) is 10.5. The molecule has 1 aromatic carbocycles. The van der Waals surface area contributed by atoms with Crippen LogP contribution < -0.4 is 5.73 Å². The zero-order chi connectivity index (χ0) is 12.3. The third-order valence-corrected chi connectivity index (χ3v) is 3.57. The lowest BCUT2D eigenvalue weighted by atomic mass is 9.89. The Labute approximate surface area is 103 Å². The van der Waals surface area contributed by atoms with Gasteiger partial charge >= 0.3 is 0 Å². The predicted molar refractivity (Wildman–Crippen MR) is 72.7 cm³/mol. The van der Waals surface area contributed by atoms with Crippen molar-refractivity contribution < 1.29 is 0 Å². The Morgan fingerprint density at radius 3 is 2.65 bits per heavy atom. The molecular formula is C15H20N2. The molecule has 0 saturated carbocycles. The van der Waals surface area contributed by atoms with Crippen LogP contribution in [0.5, 0.6) is 0 Å². The van der Waals surface area contributed by atoms with E-state index in [4.69, 9.17) is 5.73 Å². The lowest BCUT2D eigenvalue weighted by molar-refractivity contribution is 0.405. The zero-order valence-electron chi connectivity index (χ0n) is 10.6. The highest BCUT2D eigenvalue weighted by Crippen LogP contribution is 2.26. The van der Waals surface area contributed by atoms with Gasteiger partial charge in [0, 0.05) is 17.6 Å². The van der Waals surface area contributed by atoms with E-state index in [9.17, 15) is 0 Å².